The van der Waals surface area contributed by atoms with Crippen LogP contribution in [-0.2, 0) is 21.7 Å². The molecule has 136 heavy (non-hydrogen) atoms. The van der Waals surface area contributed by atoms with Gasteiger partial charge in [0.2, 0.25) is 0 Å². The van der Waals surface area contributed by atoms with Gasteiger partial charge >= 0.3 is 0 Å². The Morgan fingerprint density at radius 3 is 0.897 bits per heavy atom. The molecule has 0 unspecified atom stereocenters. The van der Waals surface area contributed by atoms with Gasteiger partial charge in [0.1, 0.15) is 61.7 Å². The Balaban J connectivity index is 0.000000108. The highest BCUT2D eigenvalue weighted by Crippen LogP contribution is 2.58. The van der Waals surface area contributed by atoms with Gasteiger partial charge in [0.25, 0.3) is 0 Å². The summed E-state index contributed by atoms with van der Waals surface area (Å²) < 4.78 is 26.6. The Labute approximate surface area is 781 Å². The molecule has 24 aromatic rings. The fraction of sp³-hybridized carbons (Fsp3) is 0.100. The molecule has 0 N–H and O–H groups in total. The normalized spacial score (nSPS) is 14.0. The maximum Gasteiger partial charge on any atom is 0.182 e. The van der Waals surface area contributed by atoms with Gasteiger partial charge in [0, 0.05) is 94.5 Å². The number of aromatic nitrogens is 12. The van der Waals surface area contributed by atoms with E-state index in [0.29, 0.717) is 69.5 Å². The Hall–Kier alpha value is -17.2. The summed E-state index contributed by atoms with van der Waals surface area (Å²) >= 11 is 0. The van der Waals surface area contributed by atoms with Crippen molar-refractivity contribution in [1.82, 2.24) is 59.8 Å². The predicted octanol–water partition coefficient (Wildman–Crippen LogP) is 29.6. The standard InChI is InChI=1S/C51H35N3O2.C35H24N4O.C34H23N5O/c1-50(2)38-21-9-6-15-33(38)43-39(50)25-26-42-44(43)34-17-12-19-36(46(34)56-42)49-53-47(28-23-24-30-29-13-5-8-20-37(29)51(3,4)40(30)27-28)52-48(54-49)35-18-11-16-32-31-14-7-10-22-41(31)55-45(32)35;1-35(2)25-16-7-6-13-22(25)29-26(35)18-19-28-30(29)23-14-10-15-24(31(23)40-28)33-37-32(21-11-4-3-5-12-21)38-34(39-33)27-17-8-9-20-36-27;1-34(2)23-13-4-3-10-20(23)28-24(34)16-17-27-29(28)21-11-9-12-22(30(21)40-27)31-37-32(25-14-5-7-18-35-25)39-33(38-31)26-15-6-8-19-36-26/h5-27H,1-4H3;3-20H,1-2H3;3-19H,1-2H3. The minimum atomic E-state index is -0.173. The lowest BCUT2D eigenvalue weighted by molar-refractivity contribution is 0.656. The van der Waals surface area contributed by atoms with E-state index in [1.54, 1.807) is 18.6 Å². The van der Waals surface area contributed by atoms with Crippen molar-refractivity contribution in [3.8, 4) is 147 Å². The van der Waals surface area contributed by atoms with E-state index in [1.807, 2.05) is 127 Å². The van der Waals surface area contributed by atoms with E-state index in [9.17, 15) is 0 Å². The molecule has 0 atom stereocenters. The van der Waals surface area contributed by atoms with E-state index in [2.05, 4.69) is 277 Å². The molecule has 0 radical (unpaired) electrons. The number of fused-ring (bicyclic) bond motifs is 27. The lowest BCUT2D eigenvalue weighted by Crippen LogP contribution is -2.15. The predicted molar refractivity (Wildman–Crippen MR) is 541 cm³/mol. The third-order valence-corrected chi connectivity index (χ3v) is 28.4. The van der Waals surface area contributed by atoms with Gasteiger partial charge in [-0.15, -0.1) is 0 Å². The van der Waals surface area contributed by atoms with Crippen molar-refractivity contribution in [3.05, 3.63) is 397 Å². The first-order valence-corrected chi connectivity index (χ1v) is 46.0. The highest BCUT2D eigenvalue weighted by atomic mass is 16.3. The van der Waals surface area contributed by atoms with E-state index < -0.39 is 0 Å². The van der Waals surface area contributed by atoms with Crippen molar-refractivity contribution in [2.75, 3.05) is 0 Å². The van der Waals surface area contributed by atoms with Gasteiger partial charge in [-0.25, -0.2) is 44.9 Å². The Bertz CT molecular complexity index is 8710. The summed E-state index contributed by atoms with van der Waals surface area (Å²) in [6.45, 7) is 18.4. The number of hydrogen-bond donors (Lipinski definition) is 0. The van der Waals surface area contributed by atoms with Crippen LogP contribution in [0.1, 0.15) is 99.9 Å². The molecule has 0 saturated carbocycles. The molecular weight excluding hydrogens is 1670 g/mol. The van der Waals surface area contributed by atoms with Crippen LogP contribution in [0, 0.1) is 0 Å². The number of hydrogen-bond acceptors (Lipinski definition) is 16. The van der Waals surface area contributed by atoms with Crippen molar-refractivity contribution < 1.29 is 17.7 Å². The van der Waals surface area contributed by atoms with Crippen LogP contribution >= 0.6 is 0 Å². The van der Waals surface area contributed by atoms with Gasteiger partial charge in [0.05, 0.1) is 22.3 Å². The molecule has 28 rings (SSSR count). The average molecular weight is 1760 g/mol. The molecule has 646 valence electrons. The average Bonchev–Trinajstić information content (AvgIpc) is 1.55. The van der Waals surface area contributed by atoms with Crippen LogP contribution in [0.4, 0.5) is 0 Å². The molecule has 16 nitrogen and oxygen atoms in total. The van der Waals surface area contributed by atoms with Crippen LogP contribution in [0.2, 0.25) is 0 Å². The van der Waals surface area contributed by atoms with Crippen molar-refractivity contribution in [2.24, 2.45) is 0 Å². The van der Waals surface area contributed by atoms with Gasteiger partial charge in [-0.05, 0) is 180 Å². The third kappa shape index (κ3) is 12.2. The molecule has 4 aliphatic carbocycles. The highest BCUT2D eigenvalue weighted by molar-refractivity contribution is 6.20. The molecule has 16 heteroatoms. The fourth-order valence-electron chi connectivity index (χ4n) is 21.8. The molecule has 0 aliphatic heterocycles. The van der Waals surface area contributed by atoms with E-state index in [-0.39, 0.29) is 21.7 Å². The molecule has 14 aromatic carbocycles. The van der Waals surface area contributed by atoms with Crippen molar-refractivity contribution in [2.45, 2.75) is 77.0 Å². The SMILES string of the molecule is CC1(C)c2ccccc2-c2c1ccc1oc3c(-c4nc(-c5ccccc5)nc(-c5ccccn5)n4)cccc3c21.CC1(C)c2ccccc2-c2c1ccc1oc3c(-c4nc(-c5ccccn5)nc(-c5ccccn5)n4)cccc3c21.CC1(C)c2ccccc2-c2ccc(-c3nc(-c4cccc5c4oc4ccccc45)nc(-c4cccc5c4oc4ccc6c(c45)-c4ccccc4C6(C)C)n3)cc21. The summed E-state index contributed by atoms with van der Waals surface area (Å²) in [4.78, 5) is 58.4. The lowest BCUT2D eigenvalue weighted by atomic mass is 9.82. The second-order valence-electron chi connectivity index (χ2n) is 37.6. The van der Waals surface area contributed by atoms with Crippen molar-refractivity contribution >= 4 is 87.8 Å². The smallest absolute Gasteiger partial charge is 0.182 e. The maximum atomic E-state index is 6.85. The number of para-hydroxylation sites is 5. The Kier molecular flexibility index (Phi) is 17.7. The summed E-state index contributed by atoms with van der Waals surface area (Å²) in [5.74, 6) is 4.83. The third-order valence-electron chi connectivity index (χ3n) is 28.4. The van der Waals surface area contributed by atoms with E-state index >= 15 is 0 Å². The van der Waals surface area contributed by atoms with Crippen LogP contribution in [0.5, 0.6) is 0 Å². The van der Waals surface area contributed by atoms with Crippen LogP contribution in [-0.4, -0.2) is 59.8 Å². The molecule has 0 spiro atoms. The molecule has 0 saturated heterocycles. The molecular formula is C120H82N12O4. The van der Waals surface area contributed by atoms with Crippen molar-refractivity contribution in [1.29, 1.82) is 0 Å². The molecule has 0 amide bonds. The number of rotatable bonds is 9. The zero-order valence-corrected chi connectivity index (χ0v) is 75.5. The molecule has 10 aromatic heterocycles. The van der Waals surface area contributed by atoms with Gasteiger partial charge in [0.15, 0.2) is 52.4 Å². The first-order valence-electron chi connectivity index (χ1n) is 46.0. The van der Waals surface area contributed by atoms with Crippen LogP contribution in [0.3, 0.4) is 0 Å². The zero-order chi connectivity index (χ0) is 91.2. The van der Waals surface area contributed by atoms with Crippen LogP contribution < -0.4 is 0 Å². The number of nitrogens with zero attached hydrogens (tertiary/aromatic N) is 12. The molecule has 10 heterocycles. The molecule has 4 aliphatic rings. The minimum Gasteiger partial charge on any atom is -0.455 e. The van der Waals surface area contributed by atoms with Gasteiger partial charge in [-0.1, -0.05) is 298 Å². The largest absolute Gasteiger partial charge is 0.455 e. The van der Waals surface area contributed by atoms with Gasteiger partial charge in [-0.2, -0.15) is 0 Å². The van der Waals surface area contributed by atoms with E-state index in [1.165, 1.54) is 89.0 Å². The minimum absolute atomic E-state index is 0.0856. The quantitative estimate of drug-likeness (QED) is 0.132. The lowest BCUT2D eigenvalue weighted by Gasteiger charge is -2.21. The summed E-state index contributed by atoms with van der Waals surface area (Å²) in [7, 11) is 0. The fourth-order valence-corrected chi connectivity index (χ4v) is 21.8. The van der Waals surface area contributed by atoms with E-state index in [4.69, 9.17) is 62.5 Å². The number of furan rings is 4. The first kappa shape index (κ1) is 79.7. The van der Waals surface area contributed by atoms with E-state index in [0.717, 1.165) is 121 Å². The molecule has 0 bridgehead atoms. The number of pyridine rings is 3. The van der Waals surface area contributed by atoms with Gasteiger partial charge < -0.3 is 17.7 Å². The Morgan fingerprint density at radius 2 is 0.478 bits per heavy atom. The summed E-state index contributed by atoms with van der Waals surface area (Å²) in [6.07, 6.45) is 5.22. The summed E-state index contributed by atoms with van der Waals surface area (Å²) in [5, 5.41) is 8.60. The first-order chi connectivity index (χ1) is 66.5. The van der Waals surface area contributed by atoms with Gasteiger partial charge in [-0.3, -0.25) is 15.0 Å². The van der Waals surface area contributed by atoms with Crippen LogP contribution in [0.25, 0.3) is 235 Å². The highest BCUT2D eigenvalue weighted by Gasteiger charge is 2.42. The van der Waals surface area contributed by atoms with Crippen molar-refractivity contribution in [3.63, 3.8) is 0 Å². The molecule has 0 fully saturated rings. The number of benzene rings is 14. The Morgan fingerprint density at radius 1 is 0.184 bits per heavy atom. The monoisotopic (exact) mass is 1750 g/mol. The summed E-state index contributed by atoms with van der Waals surface area (Å²) in [6, 6.07) is 115. The maximum absolute atomic E-state index is 6.85. The summed E-state index contributed by atoms with van der Waals surface area (Å²) in [5.41, 5.74) is 33.6. The second kappa shape index (κ2) is 30.1. The zero-order valence-electron chi connectivity index (χ0n) is 75.5. The topological polar surface area (TPSA) is 207 Å². The van der Waals surface area contributed by atoms with Crippen LogP contribution in [0.15, 0.2) is 370 Å². The second-order valence-corrected chi connectivity index (χ2v) is 37.6.